The maximum Gasteiger partial charge on any atom is 0.306 e. The highest BCUT2D eigenvalue weighted by Crippen LogP contribution is 2.13. The average Bonchev–Trinajstić information content (AvgIpc) is 2.37. The molecule has 0 amide bonds. The fourth-order valence-electron chi connectivity index (χ4n) is 0.970. The van der Waals surface area contributed by atoms with Gasteiger partial charge in [0.1, 0.15) is 6.79 Å². The Morgan fingerprint density at radius 1 is 1.73 bits per heavy atom. The van der Waals surface area contributed by atoms with E-state index < -0.39 is 0 Å². The molecule has 1 atom stereocenters. The number of carbonyl (C=O) groups is 1. The molecule has 1 fully saturated rings. The van der Waals surface area contributed by atoms with Crippen LogP contribution in [0.4, 0.5) is 0 Å². The van der Waals surface area contributed by atoms with Crippen LogP contribution in [0.1, 0.15) is 6.42 Å². The lowest BCUT2D eigenvalue weighted by atomic mass is 10.1. The molecule has 1 heterocycles. The molecule has 0 spiro atoms. The first kappa shape index (κ1) is 8.49. The van der Waals surface area contributed by atoms with Crippen LogP contribution in [-0.4, -0.2) is 33.1 Å². The summed E-state index contributed by atoms with van der Waals surface area (Å²) in [4.78, 5) is 10.6. The third-order valence-corrected chi connectivity index (χ3v) is 1.49. The van der Waals surface area contributed by atoms with Gasteiger partial charge in [-0.05, 0) is 0 Å². The second-order valence-corrected chi connectivity index (χ2v) is 2.53. The van der Waals surface area contributed by atoms with Crippen molar-refractivity contribution in [3.63, 3.8) is 0 Å². The Morgan fingerprint density at radius 2 is 2.55 bits per heavy atom. The molecule has 4 nitrogen and oxygen atoms in total. The minimum Gasteiger partial charge on any atom is -0.465 e. The number of hydrogen-bond acceptors (Lipinski definition) is 4. The van der Waals surface area contributed by atoms with Gasteiger partial charge >= 0.3 is 5.97 Å². The topological polar surface area (TPSA) is 44.8 Å². The van der Waals surface area contributed by atoms with Crippen molar-refractivity contribution in [1.29, 1.82) is 0 Å². The van der Waals surface area contributed by atoms with E-state index in [-0.39, 0.29) is 18.7 Å². The van der Waals surface area contributed by atoms with Gasteiger partial charge in [-0.2, -0.15) is 0 Å². The molecule has 0 radical (unpaired) electrons. The van der Waals surface area contributed by atoms with Gasteiger partial charge in [0.2, 0.25) is 0 Å². The van der Waals surface area contributed by atoms with Gasteiger partial charge in [0, 0.05) is 13.0 Å². The van der Waals surface area contributed by atoms with E-state index in [4.69, 9.17) is 9.47 Å². The Hall–Kier alpha value is -0.610. The average molecular weight is 160 g/mol. The first-order valence-electron chi connectivity index (χ1n) is 3.55. The molecule has 0 bridgehead atoms. The molecule has 0 aromatic rings. The SMILES string of the molecule is COCOC[C@@H]1COC(=O)C1. The monoisotopic (exact) mass is 160 g/mol. The van der Waals surface area contributed by atoms with E-state index in [1.807, 2.05) is 0 Å². The number of ether oxygens (including phenoxy) is 3. The quantitative estimate of drug-likeness (QED) is 0.334. The van der Waals surface area contributed by atoms with Gasteiger partial charge in [-0.25, -0.2) is 0 Å². The van der Waals surface area contributed by atoms with Crippen molar-refractivity contribution in [2.45, 2.75) is 6.42 Å². The highest BCUT2D eigenvalue weighted by Gasteiger charge is 2.23. The van der Waals surface area contributed by atoms with E-state index in [0.29, 0.717) is 19.6 Å². The molecule has 1 aliphatic rings. The molecular formula is C7H12O4. The molecule has 1 saturated heterocycles. The normalized spacial score (nSPS) is 23.7. The summed E-state index contributed by atoms with van der Waals surface area (Å²) in [5, 5.41) is 0. The van der Waals surface area contributed by atoms with E-state index in [1.165, 1.54) is 0 Å². The summed E-state index contributed by atoms with van der Waals surface area (Å²) in [5.74, 6) is 0.0914. The van der Waals surface area contributed by atoms with Crippen LogP contribution in [0.15, 0.2) is 0 Å². The summed E-state index contributed by atoms with van der Waals surface area (Å²) in [5.41, 5.74) is 0. The van der Waals surface area contributed by atoms with E-state index in [1.54, 1.807) is 7.11 Å². The fourth-order valence-corrected chi connectivity index (χ4v) is 0.970. The Morgan fingerprint density at radius 3 is 3.09 bits per heavy atom. The summed E-state index contributed by atoms with van der Waals surface area (Å²) in [7, 11) is 1.57. The summed E-state index contributed by atoms with van der Waals surface area (Å²) < 4.78 is 14.5. The van der Waals surface area contributed by atoms with Crippen LogP contribution in [0, 0.1) is 5.92 Å². The van der Waals surface area contributed by atoms with Crippen molar-refractivity contribution in [3.8, 4) is 0 Å². The molecular weight excluding hydrogens is 148 g/mol. The lowest BCUT2D eigenvalue weighted by Crippen LogP contribution is -2.10. The van der Waals surface area contributed by atoms with Crippen LogP contribution in [0.2, 0.25) is 0 Å². The molecule has 1 aliphatic heterocycles. The van der Waals surface area contributed by atoms with Gasteiger partial charge in [-0.3, -0.25) is 4.79 Å². The molecule has 0 aliphatic carbocycles. The molecule has 1 rings (SSSR count). The zero-order valence-corrected chi connectivity index (χ0v) is 6.54. The second-order valence-electron chi connectivity index (χ2n) is 2.53. The van der Waals surface area contributed by atoms with E-state index in [2.05, 4.69) is 4.74 Å². The van der Waals surface area contributed by atoms with Gasteiger partial charge in [0.15, 0.2) is 0 Å². The number of carbonyl (C=O) groups excluding carboxylic acids is 1. The lowest BCUT2D eigenvalue weighted by molar-refractivity contribution is -0.137. The van der Waals surface area contributed by atoms with Gasteiger partial charge in [0.05, 0.1) is 19.6 Å². The Balaban J connectivity index is 2.04. The first-order chi connectivity index (χ1) is 5.33. The van der Waals surface area contributed by atoms with E-state index in [0.717, 1.165) is 0 Å². The first-order valence-corrected chi connectivity index (χ1v) is 3.55. The largest absolute Gasteiger partial charge is 0.465 e. The van der Waals surface area contributed by atoms with Crippen molar-refractivity contribution in [2.75, 3.05) is 27.1 Å². The standard InChI is InChI=1S/C7H12O4/c1-9-5-10-3-6-2-7(8)11-4-6/h6H,2-5H2,1H3/t6-/m1/s1. The second kappa shape index (κ2) is 4.31. The third kappa shape index (κ3) is 2.86. The van der Waals surface area contributed by atoms with Crippen molar-refractivity contribution in [1.82, 2.24) is 0 Å². The van der Waals surface area contributed by atoms with Crippen molar-refractivity contribution in [2.24, 2.45) is 5.92 Å². The minimum atomic E-state index is -0.129. The molecule has 11 heavy (non-hydrogen) atoms. The van der Waals surface area contributed by atoms with Gasteiger partial charge in [-0.1, -0.05) is 0 Å². The predicted molar refractivity (Wildman–Crippen MR) is 36.9 cm³/mol. The molecule has 0 aromatic heterocycles. The summed E-state index contributed by atoms with van der Waals surface area (Å²) in [6.45, 7) is 1.31. The zero-order chi connectivity index (χ0) is 8.10. The number of esters is 1. The summed E-state index contributed by atoms with van der Waals surface area (Å²) in [6.07, 6.45) is 0.476. The molecule has 0 aromatic carbocycles. The van der Waals surface area contributed by atoms with Crippen LogP contribution < -0.4 is 0 Å². The maximum absolute atomic E-state index is 10.6. The zero-order valence-electron chi connectivity index (χ0n) is 6.54. The molecule has 64 valence electrons. The van der Waals surface area contributed by atoms with Gasteiger partial charge in [0.25, 0.3) is 0 Å². The van der Waals surface area contributed by atoms with E-state index in [9.17, 15) is 4.79 Å². The summed E-state index contributed by atoms with van der Waals surface area (Å²) in [6, 6.07) is 0. The number of methoxy groups -OCH3 is 1. The Labute approximate surface area is 65.4 Å². The van der Waals surface area contributed by atoms with Crippen molar-refractivity contribution < 1.29 is 19.0 Å². The highest BCUT2D eigenvalue weighted by molar-refractivity contribution is 5.71. The molecule has 4 heteroatoms. The molecule has 0 unspecified atom stereocenters. The van der Waals surface area contributed by atoms with Crippen molar-refractivity contribution >= 4 is 5.97 Å². The smallest absolute Gasteiger partial charge is 0.306 e. The minimum absolute atomic E-state index is 0.129. The lowest BCUT2D eigenvalue weighted by Gasteiger charge is -2.05. The number of rotatable bonds is 4. The van der Waals surface area contributed by atoms with Crippen molar-refractivity contribution in [3.05, 3.63) is 0 Å². The van der Waals surface area contributed by atoms with Crippen LogP contribution >= 0.6 is 0 Å². The van der Waals surface area contributed by atoms with Crippen LogP contribution in [0.25, 0.3) is 0 Å². The molecule has 0 saturated carbocycles. The summed E-state index contributed by atoms with van der Waals surface area (Å²) >= 11 is 0. The van der Waals surface area contributed by atoms with Crippen LogP contribution in [0.5, 0.6) is 0 Å². The predicted octanol–water partition coefficient (Wildman–Crippen LogP) is 0.170. The Bertz CT molecular complexity index is 134. The number of cyclic esters (lactones) is 1. The maximum atomic E-state index is 10.6. The van der Waals surface area contributed by atoms with Gasteiger partial charge < -0.3 is 14.2 Å². The van der Waals surface area contributed by atoms with E-state index >= 15 is 0 Å². The van der Waals surface area contributed by atoms with Crippen LogP contribution in [0.3, 0.4) is 0 Å². The third-order valence-electron chi connectivity index (χ3n) is 1.49. The number of hydrogen-bond donors (Lipinski definition) is 0. The highest BCUT2D eigenvalue weighted by atomic mass is 16.7. The van der Waals surface area contributed by atoms with Gasteiger partial charge in [-0.15, -0.1) is 0 Å². The molecule has 0 N–H and O–H groups in total. The fraction of sp³-hybridized carbons (Fsp3) is 0.857. The van der Waals surface area contributed by atoms with Crippen LogP contribution in [-0.2, 0) is 19.0 Å². The Kier molecular flexibility index (Phi) is 3.32.